The predicted octanol–water partition coefficient (Wildman–Crippen LogP) is 3.35. The van der Waals surface area contributed by atoms with Crippen molar-refractivity contribution in [2.45, 2.75) is 6.42 Å². The molecule has 162 valence electrons. The van der Waals surface area contributed by atoms with Crippen molar-refractivity contribution in [1.82, 2.24) is 4.90 Å². The number of ether oxygens (including phenoxy) is 1. The number of carbonyl (C=O) groups excluding carboxylic acids is 3. The summed E-state index contributed by atoms with van der Waals surface area (Å²) >= 11 is 0. The van der Waals surface area contributed by atoms with Gasteiger partial charge >= 0.3 is 0 Å². The molecule has 5 aliphatic rings. The van der Waals surface area contributed by atoms with Gasteiger partial charge in [-0.2, -0.15) is 0 Å². The molecule has 32 heavy (non-hydrogen) atoms. The summed E-state index contributed by atoms with van der Waals surface area (Å²) in [4.78, 5) is 43.2. The van der Waals surface area contributed by atoms with Crippen molar-refractivity contribution >= 4 is 23.4 Å². The molecule has 1 saturated heterocycles. The smallest absolute Gasteiger partial charge is 0.259 e. The average molecular weight is 428 g/mol. The van der Waals surface area contributed by atoms with Crippen molar-refractivity contribution in [3.05, 3.63) is 72.3 Å². The molecule has 7 rings (SSSR count). The predicted molar refractivity (Wildman–Crippen MR) is 118 cm³/mol. The second kappa shape index (κ2) is 7.05. The summed E-state index contributed by atoms with van der Waals surface area (Å²) < 4.78 is 5.24. The van der Waals surface area contributed by atoms with Gasteiger partial charge in [-0.3, -0.25) is 24.2 Å². The molecule has 6 nitrogen and oxygen atoms in total. The summed E-state index contributed by atoms with van der Waals surface area (Å²) in [7, 11) is 1.58. The lowest BCUT2D eigenvalue weighted by atomic mass is 9.63. The molecule has 3 amide bonds. The highest BCUT2D eigenvalue weighted by atomic mass is 16.5. The van der Waals surface area contributed by atoms with Gasteiger partial charge in [-0.25, -0.2) is 0 Å². The van der Waals surface area contributed by atoms with Crippen LogP contribution in [0, 0.1) is 35.5 Å². The maximum absolute atomic E-state index is 13.4. The van der Waals surface area contributed by atoms with Crippen LogP contribution < -0.4 is 9.64 Å². The van der Waals surface area contributed by atoms with Gasteiger partial charge < -0.3 is 4.74 Å². The number of methoxy groups -OCH3 is 1. The number of hydrogen-bond acceptors (Lipinski definition) is 4. The Bertz CT molecular complexity index is 1090. The lowest BCUT2D eigenvalue weighted by Crippen LogP contribution is -2.45. The summed E-state index contributed by atoms with van der Waals surface area (Å²) in [5.74, 6) is 1.02. The van der Waals surface area contributed by atoms with Crippen LogP contribution in [0.4, 0.5) is 5.69 Å². The van der Waals surface area contributed by atoms with Gasteiger partial charge in [0.1, 0.15) is 12.4 Å². The molecule has 1 aliphatic heterocycles. The molecule has 0 unspecified atom stereocenters. The second-order valence-corrected chi connectivity index (χ2v) is 9.20. The molecule has 0 spiro atoms. The van der Waals surface area contributed by atoms with E-state index in [-0.39, 0.29) is 48.1 Å². The van der Waals surface area contributed by atoms with E-state index in [1.54, 1.807) is 55.6 Å². The van der Waals surface area contributed by atoms with Gasteiger partial charge in [0.05, 0.1) is 18.9 Å². The summed E-state index contributed by atoms with van der Waals surface area (Å²) in [5, 5.41) is 0. The van der Waals surface area contributed by atoms with Crippen molar-refractivity contribution in [2.24, 2.45) is 35.5 Å². The topological polar surface area (TPSA) is 66.9 Å². The molecule has 0 N–H and O–H groups in total. The Kier molecular flexibility index (Phi) is 4.25. The minimum absolute atomic E-state index is 0.0838. The first-order chi connectivity index (χ1) is 15.6. The summed E-state index contributed by atoms with van der Waals surface area (Å²) in [5.41, 5.74) is 1.11. The van der Waals surface area contributed by atoms with Gasteiger partial charge in [0.15, 0.2) is 0 Å². The highest BCUT2D eigenvalue weighted by Gasteiger charge is 2.67. The van der Waals surface area contributed by atoms with Crippen LogP contribution in [-0.2, 0) is 9.59 Å². The Morgan fingerprint density at radius 2 is 1.53 bits per heavy atom. The van der Waals surface area contributed by atoms with Crippen molar-refractivity contribution in [1.29, 1.82) is 0 Å². The van der Waals surface area contributed by atoms with Crippen molar-refractivity contribution in [2.75, 3.05) is 18.7 Å². The molecule has 6 heteroatoms. The maximum atomic E-state index is 13.4. The van der Waals surface area contributed by atoms with Crippen LogP contribution in [0.1, 0.15) is 16.8 Å². The first kappa shape index (κ1) is 19.3. The first-order valence-corrected chi connectivity index (χ1v) is 11.1. The highest BCUT2D eigenvalue weighted by molar-refractivity contribution is 6.09. The third-order valence-corrected chi connectivity index (χ3v) is 7.69. The van der Waals surface area contributed by atoms with Crippen LogP contribution in [0.15, 0.2) is 66.7 Å². The Labute approximate surface area is 186 Å². The summed E-state index contributed by atoms with van der Waals surface area (Å²) in [6.45, 7) is -0.0838. The second-order valence-electron chi connectivity index (χ2n) is 9.20. The van der Waals surface area contributed by atoms with Crippen LogP contribution in [0.25, 0.3) is 0 Å². The number of anilines is 1. The van der Waals surface area contributed by atoms with E-state index < -0.39 is 0 Å². The number of nitrogens with zero attached hydrogens (tertiary/aromatic N) is 2. The van der Waals surface area contributed by atoms with Gasteiger partial charge in [0.25, 0.3) is 5.91 Å². The van der Waals surface area contributed by atoms with E-state index in [4.69, 9.17) is 4.74 Å². The standard InChI is InChI=1S/C26H24N2O4/c1-32-17-9-7-16(8-10-17)27(24(29)15-5-3-2-4-6-15)14-28-25(30)22-18-11-12-19(21-13-20(18)21)23(22)26(28)31/h2-12,18-23H,13-14H2,1H3/t18-,19+,20-,21-,22+,23+/m1/s1. The lowest BCUT2D eigenvalue weighted by molar-refractivity contribution is -0.140. The third kappa shape index (κ3) is 2.75. The number of allylic oxidation sites excluding steroid dienone is 2. The monoisotopic (exact) mass is 428 g/mol. The number of likely N-dealkylation sites (tertiary alicyclic amines) is 1. The number of benzene rings is 2. The number of imide groups is 1. The normalized spacial score (nSPS) is 31.3. The van der Waals surface area contributed by atoms with Gasteiger partial charge in [0, 0.05) is 11.3 Å². The molecular weight excluding hydrogens is 404 g/mol. The molecule has 2 saturated carbocycles. The number of rotatable bonds is 5. The van der Waals surface area contributed by atoms with Gasteiger partial charge in [-0.1, -0.05) is 30.4 Å². The molecule has 2 bridgehead atoms. The van der Waals surface area contributed by atoms with E-state index in [0.29, 0.717) is 28.8 Å². The quantitative estimate of drug-likeness (QED) is 0.541. The van der Waals surface area contributed by atoms with Crippen LogP contribution in [0.3, 0.4) is 0 Å². The van der Waals surface area contributed by atoms with Crippen LogP contribution in [0.5, 0.6) is 5.75 Å². The molecular formula is C26H24N2O4. The first-order valence-electron chi connectivity index (χ1n) is 11.1. The largest absolute Gasteiger partial charge is 0.497 e. The minimum Gasteiger partial charge on any atom is -0.497 e. The van der Waals surface area contributed by atoms with Gasteiger partial charge in [0.2, 0.25) is 11.8 Å². The molecule has 2 aromatic carbocycles. The molecule has 2 aromatic rings. The van der Waals surface area contributed by atoms with Crippen molar-refractivity contribution < 1.29 is 19.1 Å². The van der Waals surface area contributed by atoms with E-state index in [0.717, 1.165) is 6.42 Å². The Morgan fingerprint density at radius 3 is 2.09 bits per heavy atom. The van der Waals surface area contributed by atoms with Crippen molar-refractivity contribution in [3.63, 3.8) is 0 Å². The van der Waals surface area contributed by atoms with E-state index in [9.17, 15) is 14.4 Å². The van der Waals surface area contributed by atoms with Crippen LogP contribution in [0.2, 0.25) is 0 Å². The van der Waals surface area contributed by atoms with E-state index in [1.807, 2.05) is 6.07 Å². The fourth-order valence-corrected chi connectivity index (χ4v) is 6.06. The fourth-order valence-electron chi connectivity index (χ4n) is 6.06. The minimum atomic E-state index is -0.272. The highest BCUT2D eigenvalue weighted by Crippen LogP contribution is 2.65. The zero-order valence-corrected chi connectivity index (χ0v) is 17.8. The molecule has 3 fully saturated rings. The molecule has 6 atom stereocenters. The van der Waals surface area contributed by atoms with Crippen molar-refractivity contribution in [3.8, 4) is 5.75 Å². The molecule has 0 radical (unpaired) electrons. The van der Waals surface area contributed by atoms with Crippen LogP contribution >= 0.6 is 0 Å². The zero-order valence-electron chi connectivity index (χ0n) is 17.8. The van der Waals surface area contributed by atoms with Gasteiger partial charge in [-0.15, -0.1) is 0 Å². The summed E-state index contributed by atoms with van der Waals surface area (Å²) in [6.07, 6.45) is 5.44. The number of carbonyl (C=O) groups is 3. The Morgan fingerprint density at radius 1 is 0.938 bits per heavy atom. The number of hydrogen-bond donors (Lipinski definition) is 0. The van der Waals surface area contributed by atoms with Gasteiger partial charge in [-0.05, 0) is 66.5 Å². The SMILES string of the molecule is COc1ccc(N(CN2C(=O)[C@H]3[C@@H]4C=C[C@@H]([C@H]5C[C@H]45)[C@@H]3C2=O)C(=O)c2ccccc2)cc1. The fraction of sp³-hybridized carbons (Fsp3) is 0.346. The molecule has 4 aliphatic carbocycles. The maximum Gasteiger partial charge on any atom is 0.259 e. The zero-order chi connectivity index (χ0) is 22.0. The van der Waals surface area contributed by atoms with E-state index >= 15 is 0 Å². The number of amides is 3. The summed E-state index contributed by atoms with van der Waals surface area (Å²) in [6, 6.07) is 16.0. The Hall–Kier alpha value is -3.41. The third-order valence-electron chi connectivity index (χ3n) is 7.69. The lowest BCUT2D eigenvalue weighted by Gasteiger charge is -2.37. The average Bonchev–Trinajstić information content (AvgIpc) is 3.63. The van der Waals surface area contributed by atoms with Crippen LogP contribution in [-0.4, -0.2) is 36.4 Å². The molecule has 1 heterocycles. The molecule has 0 aromatic heterocycles. The Balaban J connectivity index is 1.33. The van der Waals surface area contributed by atoms with E-state index in [2.05, 4.69) is 12.2 Å². The van der Waals surface area contributed by atoms with E-state index in [1.165, 1.54) is 9.80 Å².